The van der Waals surface area contributed by atoms with Crippen molar-refractivity contribution >= 4 is 11.9 Å². The van der Waals surface area contributed by atoms with E-state index in [0.717, 1.165) is 23.1 Å². The van der Waals surface area contributed by atoms with Crippen LogP contribution in [0.2, 0.25) is 0 Å². The van der Waals surface area contributed by atoms with Gasteiger partial charge in [-0.2, -0.15) is 0 Å². The van der Waals surface area contributed by atoms with E-state index in [9.17, 15) is 22.4 Å². The van der Waals surface area contributed by atoms with Gasteiger partial charge in [0.1, 0.15) is 17.5 Å². The minimum atomic E-state index is -2.76. The number of hydrogen-bond acceptors (Lipinski definition) is 2. The van der Waals surface area contributed by atoms with Gasteiger partial charge in [-0.25, -0.2) is 22.4 Å². The molecule has 0 unspecified atom stereocenters. The molecule has 4 nitrogen and oxygen atoms in total. The average molecular weight is 329 g/mol. The van der Waals surface area contributed by atoms with Crippen LogP contribution in [0.15, 0.2) is 18.2 Å². The summed E-state index contributed by atoms with van der Waals surface area (Å²) in [6.07, 6.45) is -0.231. The molecule has 1 saturated carbocycles. The Morgan fingerprint density at radius 3 is 2.39 bits per heavy atom. The minimum absolute atomic E-state index is 0.00301. The molecular weight excluding hydrogens is 314 g/mol. The fourth-order valence-corrected chi connectivity index (χ4v) is 3.07. The quantitative estimate of drug-likeness (QED) is 0.801. The summed E-state index contributed by atoms with van der Waals surface area (Å²) in [5, 5.41) is 10.3. The third-order valence-corrected chi connectivity index (χ3v) is 4.16. The van der Waals surface area contributed by atoms with Crippen molar-refractivity contribution in [1.29, 1.82) is 5.41 Å². The highest BCUT2D eigenvalue weighted by Crippen LogP contribution is 2.38. The van der Waals surface area contributed by atoms with Crippen LogP contribution in [0, 0.1) is 17.0 Å². The highest BCUT2D eigenvalue weighted by Gasteiger charge is 2.47. The van der Waals surface area contributed by atoms with Crippen molar-refractivity contribution in [3.8, 4) is 0 Å². The number of likely N-dealkylation sites (tertiary alicyclic amines) is 1. The van der Waals surface area contributed by atoms with Gasteiger partial charge in [0.05, 0.1) is 6.04 Å². The van der Waals surface area contributed by atoms with Gasteiger partial charge >= 0.3 is 6.03 Å². The van der Waals surface area contributed by atoms with Crippen molar-refractivity contribution in [3.05, 3.63) is 35.4 Å². The monoisotopic (exact) mass is 329 g/mol. The van der Waals surface area contributed by atoms with E-state index in [4.69, 9.17) is 5.41 Å². The van der Waals surface area contributed by atoms with Gasteiger partial charge in [-0.05, 0) is 24.1 Å². The van der Waals surface area contributed by atoms with Crippen LogP contribution in [0.5, 0.6) is 0 Å². The first-order valence-electron chi connectivity index (χ1n) is 7.26. The van der Waals surface area contributed by atoms with Gasteiger partial charge in [-0.15, -0.1) is 0 Å². The topological polar surface area (TPSA) is 56.2 Å². The lowest BCUT2D eigenvalue weighted by atomic mass is 9.88. The predicted molar refractivity (Wildman–Crippen MR) is 74.4 cm³/mol. The second-order valence-corrected chi connectivity index (χ2v) is 5.98. The van der Waals surface area contributed by atoms with Crippen LogP contribution in [0.4, 0.5) is 22.4 Å². The largest absolute Gasteiger partial charge is 0.334 e. The number of urea groups is 1. The van der Waals surface area contributed by atoms with Gasteiger partial charge < -0.3 is 5.32 Å². The second-order valence-electron chi connectivity index (χ2n) is 5.98. The van der Waals surface area contributed by atoms with E-state index in [2.05, 4.69) is 5.32 Å². The molecule has 0 radical (unpaired) electrons. The number of nitrogens with zero attached hydrogens (tertiary/aromatic N) is 1. The number of halogens is 4. The molecule has 3 rings (SSSR count). The van der Waals surface area contributed by atoms with E-state index in [0.29, 0.717) is 6.42 Å². The molecule has 2 N–H and O–H groups in total. The van der Waals surface area contributed by atoms with Crippen molar-refractivity contribution in [3.63, 3.8) is 0 Å². The lowest BCUT2D eigenvalue weighted by Gasteiger charge is -2.37. The maximum atomic E-state index is 13.4. The van der Waals surface area contributed by atoms with Gasteiger partial charge in [-0.3, -0.25) is 10.3 Å². The summed E-state index contributed by atoms with van der Waals surface area (Å²) in [5.74, 6) is -4.29. The summed E-state index contributed by atoms with van der Waals surface area (Å²) in [5.41, 5.74) is 0.249. The van der Waals surface area contributed by atoms with Crippen LogP contribution in [-0.4, -0.2) is 28.7 Å². The molecule has 2 fully saturated rings. The number of nitrogens with one attached hydrogen (secondary N) is 2. The Morgan fingerprint density at radius 1 is 1.22 bits per heavy atom. The molecule has 0 bridgehead atoms. The van der Waals surface area contributed by atoms with Crippen LogP contribution in [0.3, 0.4) is 0 Å². The molecule has 0 spiro atoms. The summed E-state index contributed by atoms with van der Waals surface area (Å²) in [6.45, 7) is 0. The first kappa shape index (κ1) is 15.8. The number of carbonyl (C=O) groups excluding carboxylic acids is 1. The molecular formula is C15H15F4N3O. The number of amides is 2. The fraction of sp³-hybridized carbons (Fsp3) is 0.467. The van der Waals surface area contributed by atoms with Crippen molar-refractivity contribution in [2.75, 3.05) is 0 Å². The highest BCUT2D eigenvalue weighted by atomic mass is 19.3. The van der Waals surface area contributed by atoms with Crippen molar-refractivity contribution in [1.82, 2.24) is 10.2 Å². The molecule has 23 heavy (non-hydrogen) atoms. The standard InChI is InChI=1S/C15H15F4N3O/c16-9-3-8(4-10(17)5-9)12-1-2-13(20)22(12)14(23)21-11-6-15(18,19)7-11/h3-5,11-12,20H,1-2,6-7H2,(H,21,23)/t12-/m0/s1. The predicted octanol–water partition coefficient (Wildman–Crippen LogP) is 3.59. The number of benzene rings is 1. The summed E-state index contributed by atoms with van der Waals surface area (Å²) in [7, 11) is 0. The molecule has 2 amide bonds. The van der Waals surface area contributed by atoms with Crippen LogP contribution < -0.4 is 5.32 Å². The fourth-order valence-electron chi connectivity index (χ4n) is 3.07. The second kappa shape index (κ2) is 5.50. The van der Waals surface area contributed by atoms with Crippen LogP contribution in [0.1, 0.15) is 37.3 Å². The van der Waals surface area contributed by atoms with Crippen LogP contribution >= 0.6 is 0 Å². The molecule has 1 aliphatic heterocycles. The molecule has 1 aromatic carbocycles. The lowest BCUT2D eigenvalue weighted by Crippen LogP contribution is -2.54. The molecule has 2 aliphatic rings. The average Bonchev–Trinajstić information content (AvgIpc) is 2.77. The zero-order valence-electron chi connectivity index (χ0n) is 12.1. The van der Waals surface area contributed by atoms with Gasteiger partial charge in [-0.1, -0.05) is 0 Å². The van der Waals surface area contributed by atoms with Crippen molar-refractivity contribution in [2.45, 2.75) is 43.7 Å². The van der Waals surface area contributed by atoms with Gasteiger partial charge in [0.2, 0.25) is 0 Å². The zero-order valence-corrected chi connectivity index (χ0v) is 12.1. The summed E-state index contributed by atoms with van der Waals surface area (Å²) >= 11 is 0. The van der Waals surface area contributed by atoms with E-state index >= 15 is 0 Å². The maximum Gasteiger partial charge on any atom is 0.323 e. The number of hydrogen-bond donors (Lipinski definition) is 2. The third-order valence-electron chi connectivity index (χ3n) is 4.16. The third kappa shape index (κ3) is 3.16. The number of carbonyl (C=O) groups is 1. The molecule has 1 aromatic rings. The Hall–Kier alpha value is -2.12. The SMILES string of the molecule is N=C1CC[C@@H](c2cc(F)cc(F)c2)N1C(=O)NC1CC(F)(F)C1. The molecule has 1 heterocycles. The molecule has 1 saturated heterocycles. The Kier molecular flexibility index (Phi) is 3.77. The van der Waals surface area contributed by atoms with E-state index in [1.54, 1.807) is 0 Å². The first-order chi connectivity index (χ1) is 10.7. The lowest BCUT2D eigenvalue weighted by molar-refractivity contribution is -0.0900. The van der Waals surface area contributed by atoms with Crippen molar-refractivity contribution < 1.29 is 22.4 Å². The Labute approximate surface area is 130 Å². The zero-order chi connectivity index (χ0) is 16.8. The maximum absolute atomic E-state index is 13.4. The van der Waals surface area contributed by atoms with Crippen LogP contribution in [-0.2, 0) is 0 Å². The van der Waals surface area contributed by atoms with Gasteiger partial charge in [0, 0.05) is 31.4 Å². The minimum Gasteiger partial charge on any atom is -0.334 e. The number of rotatable bonds is 2. The molecule has 1 aliphatic carbocycles. The number of amidine groups is 1. The Balaban J connectivity index is 1.76. The summed E-state index contributed by atoms with van der Waals surface area (Å²) in [6, 6.07) is 0.963. The summed E-state index contributed by atoms with van der Waals surface area (Å²) in [4.78, 5) is 13.4. The van der Waals surface area contributed by atoms with Crippen molar-refractivity contribution in [2.24, 2.45) is 0 Å². The van der Waals surface area contributed by atoms with E-state index in [1.807, 2.05) is 0 Å². The molecule has 124 valence electrons. The van der Waals surface area contributed by atoms with E-state index < -0.39 is 48.5 Å². The normalized spacial score (nSPS) is 23.7. The summed E-state index contributed by atoms with van der Waals surface area (Å²) < 4.78 is 52.4. The molecule has 0 aromatic heterocycles. The van der Waals surface area contributed by atoms with Crippen LogP contribution in [0.25, 0.3) is 0 Å². The smallest absolute Gasteiger partial charge is 0.323 e. The Morgan fingerprint density at radius 2 is 1.83 bits per heavy atom. The molecule has 1 atom stereocenters. The molecule has 8 heteroatoms. The number of alkyl halides is 2. The Bertz CT molecular complexity index is 636. The van der Waals surface area contributed by atoms with Gasteiger partial charge in [0.15, 0.2) is 0 Å². The van der Waals surface area contributed by atoms with Gasteiger partial charge in [0.25, 0.3) is 5.92 Å². The first-order valence-corrected chi connectivity index (χ1v) is 7.26. The van der Waals surface area contributed by atoms with E-state index in [-0.39, 0.29) is 17.8 Å². The van der Waals surface area contributed by atoms with E-state index in [1.165, 1.54) is 0 Å². The highest BCUT2D eigenvalue weighted by molar-refractivity contribution is 5.98.